The van der Waals surface area contributed by atoms with Crippen LogP contribution in [0.25, 0.3) is 17.3 Å². The van der Waals surface area contributed by atoms with E-state index in [1.54, 1.807) is 6.08 Å². The van der Waals surface area contributed by atoms with Crippen molar-refractivity contribution in [3.63, 3.8) is 0 Å². The fourth-order valence-corrected chi connectivity index (χ4v) is 4.30. The van der Waals surface area contributed by atoms with E-state index < -0.39 is 0 Å². The second-order valence-electron chi connectivity index (χ2n) is 5.92. The maximum Gasteiger partial charge on any atom is 0.273 e. The van der Waals surface area contributed by atoms with Gasteiger partial charge in [-0.15, -0.1) is 11.3 Å². The molecule has 1 heterocycles. The molecule has 0 aliphatic heterocycles. The maximum atomic E-state index is 13.2. The summed E-state index contributed by atoms with van der Waals surface area (Å²) in [7, 11) is 0. The van der Waals surface area contributed by atoms with Gasteiger partial charge < -0.3 is 0 Å². The van der Waals surface area contributed by atoms with E-state index in [2.05, 4.69) is 15.9 Å². The Morgan fingerprint density at radius 2 is 1.70 bits per heavy atom. The Morgan fingerprint density at radius 3 is 2.30 bits per heavy atom. The summed E-state index contributed by atoms with van der Waals surface area (Å²) in [6.07, 6.45) is 1.77. The van der Waals surface area contributed by atoms with Gasteiger partial charge in [0.15, 0.2) is 5.57 Å². The standard InChI is InChI=1S/C21H14BrN3OS/c1-13-6-5-7-14(2)19(13)25-20(26)18(27-21(25)16(11-23)12-24)10-15-8-3-4-9-17(15)22/h3-10H,1-2H3/b18-10+. The molecule has 0 spiro atoms. The van der Waals surface area contributed by atoms with Crippen molar-refractivity contribution >= 4 is 38.9 Å². The van der Waals surface area contributed by atoms with Crippen molar-refractivity contribution in [3.8, 4) is 17.8 Å². The number of nitrogens with zero attached hydrogens (tertiary/aromatic N) is 3. The largest absolute Gasteiger partial charge is 0.273 e. The Kier molecular flexibility index (Phi) is 5.41. The molecule has 0 unspecified atom stereocenters. The number of halogens is 1. The van der Waals surface area contributed by atoms with Crippen LogP contribution in [0.5, 0.6) is 0 Å². The van der Waals surface area contributed by atoms with Gasteiger partial charge in [-0.05, 0) is 42.7 Å². The highest BCUT2D eigenvalue weighted by atomic mass is 79.9. The van der Waals surface area contributed by atoms with E-state index in [-0.39, 0.29) is 11.1 Å². The minimum absolute atomic E-state index is 0.0773. The molecule has 0 saturated heterocycles. The number of hydrogen-bond donors (Lipinski definition) is 0. The van der Waals surface area contributed by atoms with Gasteiger partial charge >= 0.3 is 0 Å². The van der Waals surface area contributed by atoms with E-state index >= 15 is 0 Å². The Hall–Kier alpha value is -2.93. The van der Waals surface area contributed by atoms with Crippen molar-refractivity contribution in [1.29, 1.82) is 10.5 Å². The molecule has 3 aromatic rings. The van der Waals surface area contributed by atoms with Crippen LogP contribution in [0.2, 0.25) is 0 Å². The molecule has 3 rings (SSSR count). The Morgan fingerprint density at radius 1 is 1.07 bits per heavy atom. The topological polar surface area (TPSA) is 69.6 Å². The lowest BCUT2D eigenvalue weighted by atomic mass is 10.1. The van der Waals surface area contributed by atoms with Crippen LogP contribution in [0.3, 0.4) is 0 Å². The Labute approximate surface area is 168 Å². The molecule has 0 atom stereocenters. The summed E-state index contributed by atoms with van der Waals surface area (Å²) in [5.41, 5.74) is 3.05. The molecule has 6 heteroatoms. The van der Waals surface area contributed by atoms with Crippen LogP contribution in [0.4, 0.5) is 0 Å². The summed E-state index contributed by atoms with van der Waals surface area (Å²) in [6, 6.07) is 17.1. The fraction of sp³-hybridized carbons (Fsp3) is 0.0952. The van der Waals surface area contributed by atoms with Gasteiger partial charge in [-0.2, -0.15) is 10.5 Å². The number of aryl methyl sites for hydroxylation is 2. The fourth-order valence-electron chi connectivity index (χ4n) is 2.87. The lowest BCUT2D eigenvalue weighted by Crippen LogP contribution is -2.31. The molecule has 0 fully saturated rings. The lowest BCUT2D eigenvalue weighted by molar-refractivity contribution is 0.962. The van der Waals surface area contributed by atoms with E-state index in [9.17, 15) is 15.3 Å². The second kappa shape index (κ2) is 7.75. The first kappa shape index (κ1) is 18.8. The SMILES string of the molecule is Cc1cccc(C)c1-n1c(=C(C#N)C#N)s/c(=C/c2ccccc2Br)c1=O. The first-order chi connectivity index (χ1) is 13.0. The predicted molar refractivity (Wildman–Crippen MR) is 111 cm³/mol. The summed E-state index contributed by atoms with van der Waals surface area (Å²) in [4.78, 5) is 13.2. The minimum Gasteiger partial charge on any atom is -0.267 e. The van der Waals surface area contributed by atoms with Gasteiger partial charge in [0.2, 0.25) is 0 Å². The van der Waals surface area contributed by atoms with Gasteiger partial charge in [0.25, 0.3) is 5.56 Å². The highest BCUT2D eigenvalue weighted by Crippen LogP contribution is 2.17. The van der Waals surface area contributed by atoms with Crippen molar-refractivity contribution in [1.82, 2.24) is 4.57 Å². The zero-order valence-corrected chi connectivity index (χ0v) is 17.1. The molecule has 1 aromatic heterocycles. The molecule has 0 amide bonds. The highest BCUT2D eigenvalue weighted by Gasteiger charge is 2.14. The molecule has 2 aromatic carbocycles. The Balaban J connectivity index is 2.50. The van der Waals surface area contributed by atoms with E-state index in [0.29, 0.717) is 14.9 Å². The monoisotopic (exact) mass is 435 g/mol. The lowest BCUT2D eigenvalue weighted by Gasteiger charge is -2.10. The summed E-state index contributed by atoms with van der Waals surface area (Å²) >= 11 is 4.63. The molecule has 0 N–H and O–H groups in total. The molecule has 0 aliphatic rings. The smallest absolute Gasteiger partial charge is 0.267 e. The van der Waals surface area contributed by atoms with Crippen LogP contribution in [0.15, 0.2) is 51.7 Å². The average molecular weight is 436 g/mol. The van der Waals surface area contributed by atoms with Crippen LogP contribution >= 0.6 is 27.3 Å². The molecule has 0 bridgehead atoms. The molecule has 0 saturated carbocycles. The number of thiazole rings is 1. The van der Waals surface area contributed by atoms with Crippen LogP contribution in [0.1, 0.15) is 16.7 Å². The van der Waals surface area contributed by atoms with E-state index in [1.165, 1.54) is 4.57 Å². The maximum absolute atomic E-state index is 13.2. The summed E-state index contributed by atoms with van der Waals surface area (Å²) in [5, 5.41) is 18.8. The second-order valence-corrected chi connectivity index (χ2v) is 7.80. The van der Waals surface area contributed by atoms with E-state index in [1.807, 2.05) is 68.5 Å². The minimum atomic E-state index is -0.244. The number of rotatable bonds is 2. The highest BCUT2D eigenvalue weighted by molar-refractivity contribution is 9.10. The number of hydrogen-bond acceptors (Lipinski definition) is 4. The van der Waals surface area contributed by atoms with Crippen LogP contribution in [-0.4, -0.2) is 4.57 Å². The molecule has 4 nitrogen and oxygen atoms in total. The number of para-hydroxylation sites is 1. The van der Waals surface area contributed by atoms with Crippen LogP contribution in [-0.2, 0) is 0 Å². The average Bonchev–Trinajstić information content (AvgIpc) is 2.95. The number of benzene rings is 2. The first-order valence-corrected chi connectivity index (χ1v) is 9.68. The molecular weight excluding hydrogens is 422 g/mol. The van der Waals surface area contributed by atoms with E-state index in [4.69, 9.17) is 0 Å². The summed E-state index contributed by atoms with van der Waals surface area (Å²) in [6.45, 7) is 3.82. The quantitative estimate of drug-likeness (QED) is 0.619. The molecule has 132 valence electrons. The van der Waals surface area contributed by atoms with Crippen molar-refractivity contribution < 1.29 is 0 Å². The van der Waals surface area contributed by atoms with Crippen molar-refractivity contribution in [3.05, 3.63) is 83.2 Å². The zero-order valence-electron chi connectivity index (χ0n) is 14.7. The molecular formula is C21H14BrN3OS. The number of aromatic nitrogens is 1. The van der Waals surface area contributed by atoms with Crippen LogP contribution in [0, 0.1) is 36.5 Å². The van der Waals surface area contributed by atoms with Crippen molar-refractivity contribution in [2.45, 2.75) is 13.8 Å². The van der Waals surface area contributed by atoms with Crippen molar-refractivity contribution in [2.75, 3.05) is 0 Å². The molecule has 0 aliphatic carbocycles. The predicted octanol–water partition coefficient (Wildman–Crippen LogP) is 3.31. The van der Waals surface area contributed by atoms with Gasteiger partial charge in [0, 0.05) is 4.47 Å². The third kappa shape index (κ3) is 3.50. The van der Waals surface area contributed by atoms with Crippen LogP contribution < -0.4 is 14.8 Å². The van der Waals surface area contributed by atoms with Gasteiger partial charge in [-0.1, -0.05) is 52.3 Å². The summed E-state index contributed by atoms with van der Waals surface area (Å²) < 4.78 is 3.16. The third-order valence-corrected chi connectivity index (χ3v) is 5.93. The van der Waals surface area contributed by atoms with Gasteiger partial charge in [-0.25, -0.2) is 0 Å². The van der Waals surface area contributed by atoms with E-state index in [0.717, 1.165) is 32.5 Å². The van der Waals surface area contributed by atoms with Gasteiger partial charge in [0.05, 0.1) is 10.2 Å². The third-order valence-electron chi connectivity index (χ3n) is 4.12. The molecule has 27 heavy (non-hydrogen) atoms. The summed E-state index contributed by atoms with van der Waals surface area (Å²) in [5.74, 6) is 0. The van der Waals surface area contributed by atoms with Gasteiger partial charge in [0.1, 0.15) is 16.8 Å². The zero-order chi connectivity index (χ0) is 19.6. The van der Waals surface area contributed by atoms with Crippen molar-refractivity contribution in [2.24, 2.45) is 0 Å². The first-order valence-electron chi connectivity index (χ1n) is 8.07. The molecule has 0 radical (unpaired) electrons. The Bertz CT molecular complexity index is 1270. The number of nitriles is 2. The normalized spacial score (nSPS) is 11.1. The van der Waals surface area contributed by atoms with Gasteiger partial charge in [-0.3, -0.25) is 9.36 Å².